The summed E-state index contributed by atoms with van der Waals surface area (Å²) < 4.78 is 19.4. The van der Waals surface area contributed by atoms with E-state index in [9.17, 15) is 34.2 Å². The van der Waals surface area contributed by atoms with Crippen molar-refractivity contribution in [3.63, 3.8) is 0 Å². The number of aliphatic hydroxyl groups excluding tert-OH is 2. The molecule has 270 valence electrons. The van der Waals surface area contributed by atoms with Crippen molar-refractivity contribution in [3.05, 3.63) is 118 Å². The average Bonchev–Trinajstić information content (AvgIpc) is 3.13. The van der Waals surface area contributed by atoms with Crippen LogP contribution in [-0.4, -0.2) is 68.3 Å². The van der Waals surface area contributed by atoms with Crippen molar-refractivity contribution < 1.29 is 53.1 Å². The number of carbonyl (C=O) groups is 5. The number of esters is 3. The number of anilines is 1. The molecule has 52 heavy (non-hydrogen) atoms. The van der Waals surface area contributed by atoms with Crippen molar-refractivity contribution >= 4 is 52.4 Å². The molecular formula is C36H35N5O11. The van der Waals surface area contributed by atoms with Gasteiger partial charge in [0.05, 0.1) is 45.1 Å². The van der Waals surface area contributed by atoms with Gasteiger partial charge in [0.15, 0.2) is 17.2 Å². The Bertz CT molecular complexity index is 2030. The Labute approximate surface area is 297 Å². The lowest BCUT2D eigenvalue weighted by atomic mass is 10.1. The summed E-state index contributed by atoms with van der Waals surface area (Å²) in [5.41, 5.74) is 0.331. The Morgan fingerprint density at radius 1 is 0.673 bits per heavy atom. The van der Waals surface area contributed by atoms with E-state index in [1.54, 1.807) is 18.2 Å². The molecule has 0 aliphatic heterocycles. The van der Waals surface area contributed by atoms with E-state index in [1.165, 1.54) is 70.7 Å². The van der Waals surface area contributed by atoms with Gasteiger partial charge in [0.25, 0.3) is 5.91 Å². The maximum Gasteiger partial charge on any atom is 0.340 e. The smallest absolute Gasteiger partial charge is 0.340 e. The number of ketones is 1. The van der Waals surface area contributed by atoms with Crippen LogP contribution in [0.15, 0.2) is 111 Å². The molecular weight excluding hydrogens is 678 g/mol. The molecule has 0 saturated carbocycles. The predicted octanol–water partition coefficient (Wildman–Crippen LogP) is 6.86. The predicted molar refractivity (Wildman–Crippen MR) is 186 cm³/mol. The minimum atomic E-state index is -0.835. The molecule has 3 aromatic carbocycles. The third-order valence-corrected chi connectivity index (χ3v) is 7.06. The molecule has 16 heteroatoms. The van der Waals surface area contributed by atoms with Crippen molar-refractivity contribution in [3.8, 4) is 0 Å². The van der Waals surface area contributed by atoms with Crippen LogP contribution < -0.4 is 5.32 Å². The number of allylic oxidation sites excluding steroid dienone is 3. The molecule has 0 aliphatic carbocycles. The second kappa shape index (κ2) is 18.1. The van der Waals surface area contributed by atoms with Crippen LogP contribution >= 0.6 is 0 Å². The van der Waals surface area contributed by atoms with Crippen LogP contribution in [0.4, 0.5) is 17.1 Å². The molecule has 0 aliphatic rings. The number of rotatable bonds is 14. The number of nitrogens with zero attached hydrogens (tertiary/aromatic N) is 4. The van der Waals surface area contributed by atoms with Gasteiger partial charge in [0.2, 0.25) is 0 Å². The molecule has 0 heterocycles. The van der Waals surface area contributed by atoms with Crippen molar-refractivity contribution in [1.82, 2.24) is 0 Å². The van der Waals surface area contributed by atoms with Gasteiger partial charge in [-0.3, -0.25) is 9.59 Å². The Hall–Kier alpha value is -6.97. The van der Waals surface area contributed by atoms with Crippen molar-refractivity contribution in [2.45, 2.75) is 20.3 Å². The first kappa shape index (κ1) is 39.5. The highest BCUT2D eigenvalue weighted by molar-refractivity contribution is 6.04. The van der Waals surface area contributed by atoms with Crippen molar-refractivity contribution in [1.29, 1.82) is 0 Å². The van der Waals surface area contributed by atoms with Crippen LogP contribution in [-0.2, 0) is 35.0 Å². The fourth-order valence-electron chi connectivity index (χ4n) is 4.32. The molecule has 0 bridgehead atoms. The summed E-state index contributed by atoms with van der Waals surface area (Å²) in [4.78, 5) is 62.0. The number of aliphatic hydroxyl groups is 2. The highest BCUT2D eigenvalue weighted by Crippen LogP contribution is 2.28. The van der Waals surface area contributed by atoms with E-state index in [0.717, 1.165) is 14.0 Å². The summed E-state index contributed by atoms with van der Waals surface area (Å²) in [6.45, 7) is 6.15. The molecule has 0 unspecified atom stereocenters. The van der Waals surface area contributed by atoms with E-state index in [1.807, 2.05) is 0 Å². The number of benzene rings is 3. The summed E-state index contributed by atoms with van der Waals surface area (Å²) >= 11 is 0. The second-order valence-corrected chi connectivity index (χ2v) is 10.6. The lowest BCUT2D eigenvalue weighted by Crippen LogP contribution is -2.14. The summed E-state index contributed by atoms with van der Waals surface area (Å²) in [5, 5.41) is 39.3. The van der Waals surface area contributed by atoms with Crippen molar-refractivity contribution in [2.24, 2.45) is 20.5 Å². The summed E-state index contributed by atoms with van der Waals surface area (Å²) in [5.74, 6) is -4.31. The molecule has 0 fully saturated rings. The normalized spacial score (nSPS) is 12.0. The van der Waals surface area contributed by atoms with Gasteiger partial charge in [0, 0.05) is 24.6 Å². The molecule has 16 nitrogen and oxygen atoms in total. The van der Waals surface area contributed by atoms with Gasteiger partial charge in [-0.05, 0) is 55.0 Å². The molecule has 0 aromatic heterocycles. The first-order valence-corrected chi connectivity index (χ1v) is 15.1. The molecule has 0 radical (unpaired) electrons. The van der Waals surface area contributed by atoms with E-state index < -0.39 is 52.5 Å². The maximum absolute atomic E-state index is 13.1. The van der Waals surface area contributed by atoms with Gasteiger partial charge in [-0.25, -0.2) is 14.4 Å². The average molecular weight is 714 g/mol. The number of nitrogens with one attached hydrogen (secondary N) is 1. The number of Topliss-reactive ketones (excluding diaryl/α,β-unsaturated/α-hetero) is 1. The van der Waals surface area contributed by atoms with Crippen LogP contribution in [0.3, 0.4) is 0 Å². The number of amides is 1. The Morgan fingerprint density at radius 2 is 1.17 bits per heavy atom. The molecule has 0 atom stereocenters. The van der Waals surface area contributed by atoms with E-state index in [0.29, 0.717) is 11.1 Å². The van der Waals surface area contributed by atoms with Gasteiger partial charge >= 0.3 is 17.9 Å². The van der Waals surface area contributed by atoms with E-state index in [4.69, 9.17) is 18.9 Å². The summed E-state index contributed by atoms with van der Waals surface area (Å²) in [6.07, 6.45) is -0.180. The maximum atomic E-state index is 13.1. The van der Waals surface area contributed by atoms with Gasteiger partial charge in [0.1, 0.15) is 28.7 Å². The minimum Gasteiger partial charge on any atom is -0.510 e. The van der Waals surface area contributed by atoms with Gasteiger partial charge in [-0.1, -0.05) is 24.8 Å². The van der Waals surface area contributed by atoms with Gasteiger partial charge < -0.3 is 34.5 Å². The van der Waals surface area contributed by atoms with Crippen LogP contribution in [0.25, 0.3) is 5.76 Å². The van der Waals surface area contributed by atoms with E-state index in [2.05, 4.69) is 32.4 Å². The summed E-state index contributed by atoms with van der Waals surface area (Å²) in [7, 11) is 4.94. The largest absolute Gasteiger partial charge is 0.510 e. The molecule has 1 amide bonds. The number of hydrogen-bond donors (Lipinski definition) is 3. The zero-order valence-electron chi connectivity index (χ0n) is 29.0. The summed E-state index contributed by atoms with van der Waals surface area (Å²) in [6, 6.07) is 14.4. The number of methoxy groups -OCH3 is 4. The fraction of sp³-hybridized carbons (Fsp3) is 0.194. The van der Waals surface area contributed by atoms with E-state index >= 15 is 0 Å². The van der Waals surface area contributed by atoms with Crippen LogP contribution in [0.2, 0.25) is 0 Å². The van der Waals surface area contributed by atoms with Crippen LogP contribution in [0.5, 0.6) is 0 Å². The molecule has 3 aromatic rings. The third-order valence-electron chi connectivity index (χ3n) is 7.06. The standard InChI is InChI=1S/C36H35N5O11/c1-19(42)31(40-38-29-18-24(34(46)50-5)11-15-27(29)36(48)52-7)30(44)16-22-8-12-25(13-9-22)37-33(45)32(20(2)43)41-39-28-17-23(21(3)49-4)10-14-26(28)35(47)51-6/h8-15,17-18,43-44H,3,16H2,1-2,4-7H3,(H,37,45). The van der Waals surface area contributed by atoms with Crippen LogP contribution in [0.1, 0.15) is 56.0 Å². The molecule has 3 rings (SSSR count). The first-order chi connectivity index (χ1) is 24.7. The van der Waals surface area contributed by atoms with Gasteiger partial charge in [-0.15, -0.1) is 20.5 Å². The number of hydrogen-bond acceptors (Lipinski definition) is 15. The Morgan fingerprint density at radius 3 is 1.65 bits per heavy atom. The molecule has 0 saturated heterocycles. The molecule has 3 N–H and O–H groups in total. The Balaban J connectivity index is 1.84. The van der Waals surface area contributed by atoms with E-state index in [-0.39, 0.29) is 45.9 Å². The lowest BCUT2D eigenvalue weighted by molar-refractivity contribution is -0.114. The highest BCUT2D eigenvalue weighted by Gasteiger charge is 2.19. The van der Waals surface area contributed by atoms with Gasteiger partial charge in [-0.2, -0.15) is 0 Å². The second-order valence-electron chi connectivity index (χ2n) is 10.6. The van der Waals surface area contributed by atoms with Crippen molar-refractivity contribution in [2.75, 3.05) is 33.8 Å². The third kappa shape index (κ3) is 10.0. The number of azo groups is 2. The van der Waals surface area contributed by atoms with Crippen LogP contribution in [0, 0.1) is 0 Å². The topological polar surface area (TPSA) is 224 Å². The quantitative estimate of drug-likeness (QED) is 0.0514. The highest BCUT2D eigenvalue weighted by atomic mass is 16.5. The Kier molecular flexibility index (Phi) is 13.8. The minimum absolute atomic E-state index is 0.0226. The SMILES string of the molecule is C=C(OC)c1ccc(C(=O)OC)c(N=NC(C(=O)Nc2ccc(CC(O)=C(N=Nc3cc(C(=O)OC)ccc3C(=O)OC)C(C)=O)cc2)=C(C)O)c1. The zero-order chi connectivity index (χ0) is 38.5. The fourth-order valence-corrected chi connectivity index (χ4v) is 4.32. The number of carbonyl (C=O) groups excluding carboxylic acids is 5. The number of ether oxygens (including phenoxy) is 4. The monoisotopic (exact) mass is 713 g/mol. The molecule has 0 spiro atoms. The zero-order valence-corrected chi connectivity index (χ0v) is 29.0. The first-order valence-electron chi connectivity index (χ1n) is 15.1. The lowest BCUT2D eigenvalue weighted by Gasteiger charge is -2.09.